The van der Waals surface area contributed by atoms with E-state index in [2.05, 4.69) is 26.5 Å². The molecule has 0 aromatic carbocycles. The summed E-state index contributed by atoms with van der Waals surface area (Å²) in [7, 11) is 0. The second kappa shape index (κ2) is 9.47. The van der Waals surface area contributed by atoms with Gasteiger partial charge in [-0.3, -0.25) is 4.79 Å². The van der Waals surface area contributed by atoms with E-state index in [-0.39, 0.29) is 5.91 Å². The van der Waals surface area contributed by atoms with Gasteiger partial charge < -0.3 is 5.73 Å². The number of rotatable bonds is 3. The first-order chi connectivity index (χ1) is 5.08. The van der Waals surface area contributed by atoms with Crippen LogP contribution in [0.4, 0.5) is 0 Å². The normalized spacial score (nSPS) is 8.82. The van der Waals surface area contributed by atoms with E-state index in [0.717, 1.165) is 5.92 Å². The molecule has 1 amide bonds. The minimum Gasteiger partial charge on any atom is -0.370 e. The zero-order valence-corrected chi connectivity index (χ0v) is 8.18. The van der Waals surface area contributed by atoms with Gasteiger partial charge in [0.25, 0.3) is 0 Å². The molecule has 2 N–H and O–H groups in total. The number of primary amides is 1. The van der Waals surface area contributed by atoms with Gasteiger partial charge in [-0.2, -0.15) is 0 Å². The molecule has 0 spiro atoms. The monoisotopic (exact) mass is 159 g/mol. The van der Waals surface area contributed by atoms with Crippen molar-refractivity contribution >= 4 is 5.91 Å². The third-order valence-electron chi connectivity index (χ3n) is 1.73. The highest BCUT2D eigenvalue weighted by Crippen LogP contribution is 2.09. The number of hydrogen-bond donors (Lipinski definition) is 1. The van der Waals surface area contributed by atoms with E-state index in [4.69, 9.17) is 0 Å². The fraction of sp³-hybridized carbons (Fsp3) is 0.889. The number of carbonyl (C=O) groups excluding carboxylic acids is 1. The molecule has 0 saturated carbocycles. The van der Waals surface area contributed by atoms with Crippen LogP contribution in [0.3, 0.4) is 0 Å². The van der Waals surface area contributed by atoms with Crippen molar-refractivity contribution in [2.75, 3.05) is 0 Å². The van der Waals surface area contributed by atoms with Crippen molar-refractivity contribution in [3.63, 3.8) is 0 Å². The molecule has 2 heteroatoms. The summed E-state index contributed by atoms with van der Waals surface area (Å²) in [6.07, 6.45) is 4.06. The standard InChI is InChI=1S/C7H16.C2H5NO/c1-4-7(5-2)6-3;1-2(3)4/h7H,4-6H2,1-3H3;1H3,(H2,3,4). The molecule has 0 aromatic heterocycles. The number of hydrogen-bond acceptors (Lipinski definition) is 1. The third kappa shape index (κ3) is 17.7. The van der Waals surface area contributed by atoms with Crippen LogP contribution < -0.4 is 5.73 Å². The Balaban J connectivity index is 0. The Bertz CT molecular complexity index is 78.1. The van der Waals surface area contributed by atoms with Gasteiger partial charge in [-0.05, 0) is 5.92 Å². The molecule has 0 saturated heterocycles. The molecular weight excluding hydrogens is 138 g/mol. The zero-order chi connectivity index (χ0) is 9.28. The smallest absolute Gasteiger partial charge is 0.214 e. The molecule has 0 aromatic rings. The van der Waals surface area contributed by atoms with Crippen molar-refractivity contribution in [2.45, 2.75) is 47.0 Å². The number of nitrogens with two attached hydrogens (primary N) is 1. The zero-order valence-electron chi connectivity index (χ0n) is 8.18. The molecule has 68 valence electrons. The molecule has 0 fully saturated rings. The van der Waals surface area contributed by atoms with Gasteiger partial charge in [0.1, 0.15) is 0 Å². The van der Waals surface area contributed by atoms with E-state index < -0.39 is 0 Å². The fourth-order valence-corrected chi connectivity index (χ4v) is 0.866. The maximum atomic E-state index is 9.22. The first-order valence-electron chi connectivity index (χ1n) is 4.34. The maximum Gasteiger partial charge on any atom is 0.214 e. The van der Waals surface area contributed by atoms with Gasteiger partial charge in [0.2, 0.25) is 5.91 Å². The second-order valence-electron chi connectivity index (χ2n) is 2.70. The van der Waals surface area contributed by atoms with E-state index in [0.29, 0.717) is 0 Å². The van der Waals surface area contributed by atoms with Crippen LogP contribution in [0.2, 0.25) is 0 Å². The van der Waals surface area contributed by atoms with Gasteiger partial charge in [-0.1, -0.05) is 40.0 Å². The summed E-state index contributed by atoms with van der Waals surface area (Å²) in [5.74, 6) is 0.653. The first-order valence-corrected chi connectivity index (χ1v) is 4.34. The van der Waals surface area contributed by atoms with E-state index in [1.807, 2.05) is 0 Å². The van der Waals surface area contributed by atoms with Gasteiger partial charge in [-0.15, -0.1) is 0 Å². The summed E-state index contributed by atoms with van der Waals surface area (Å²) in [6.45, 7) is 8.09. The summed E-state index contributed by atoms with van der Waals surface area (Å²) < 4.78 is 0. The highest BCUT2D eigenvalue weighted by atomic mass is 16.1. The molecule has 0 atom stereocenters. The van der Waals surface area contributed by atoms with Crippen LogP contribution in [0.15, 0.2) is 0 Å². The molecule has 0 aliphatic rings. The van der Waals surface area contributed by atoms with Crippen LogP contribution in [-0.4, -0.2) is 5.91 Å². The molecular formula is C9H21NO. The number of carbonyl (C=O) groups is 1. The minimum atomic E-state index is -0.333. The van der Waals surface area contributed by atoms with Crippen LogP contribution in [0.25, 0.3) is 0 Å². The predicted octanol–water partition coefficient (Wildman–Crippen LogP) is 2.32. The van der Waals surface area contributed by atoms with E-state index in [9.17, 15) is 4.79 Å². The molecule has 0 rings (SSSR count). The third-order valence-corrected chi connectivity index (χ3v) is 1.73. The molecule has 0 unspecified atom stereocenters. The van der Waals surface area contributed by atoms with Crippen molar-refractivity contribution < 1.29 is 4.79 Å². The largest absolute Gasteiger partial charge is 0.370 e. The summed E-state index contributed by atoms with van der Waals surface area (Å²) in [4.78, 5) is 9.22. The Morgan fingerprint density at radius 1 is 1.18 bits per heavy atom. The van der Waals surface area contributed by atoms with E-state index >= 15 is 0 Å². The second-order valence-corrected chi connectivity index (χ2v) is 2.70. The Morgan fingerprint density at radius 3 is 1.36 bits per heavy atom. The molecule has 0 aliphatic heterocycles. The summed E-state index contributed by atoms with van der Waals surface area (Å²) in [6, 6.07) is 0. The highest BCUT2D eigenvalue weighted by Gasteiger charge is 1.95. The van der Waals surface area contributed by atoms with Gasteiger partial charge >= 0.3 is 0 Å². The molecule has 0 radical (unpaired) electrons. The van der Waals surface area contributed by atoms with Gasteiger partial charge in [0, 0.05) is 6.92 Å². The van der Waals surface area contributed by atoms with Crippen LogP contribution in [-0.2, 0) is 4.79 Å². The SMILES string of the molecule is CC(N)=O.CCC(CC)CC. The maximum absolute atomic E-state index is 9.22. The lowest BCUT2D eigenvalue weighted by Crippen LogP contribution is -2.01. The van der Waals surface area contributed by atoms with Gasteiger partial charge in [0.05, 0.1) is 0 Å². The van der Waals surface area contributed by atoms with Gasteiger partial charge in [0.15, 0.2) is 0 Å². The highest BCUT2D eigenvalue weighted by molar-refractivity contribution is 5.70. The van der Waals surface area contributed by atoms with Crippen molar-refractivity contribution in [1.29, 1.82) is 0 Å². The Kier molecular flexibility index (Phi) is 11.3. The van der Waals surface area contributed by atoms with Crippen LogP contribution in [0.5, 0.6) is 0 Å². The first kappa shape index (κ1) is 13.1. The summed E-state index contributed by atoms with van der Waals surface area (Å²) >= 11 is 0. The number of amides is 1. The van der Waals surface area contributed by atoms with Crippen molar-refractivity contribution in [3.05, 3.63) is 0 Å². The fourth-order valence-electron chi connectivity index (χ4n) is 0.866. The van der Waals surface area contributed by atoms with Crippen molar-refractivity contribution in [3.8, 4) is 0 Å². The summed E-state index contributed by atoms with van der Waals surface area (Å²) in [5, 5.41) is 0. The van der Waals surface area contributed by atoms with E-state index in [1.165, 1.54) is 26.2 Å². The Labute approximate surface area is 70.2 Å². The lowest BCUT2D eigenvalue weighted by molar-refractivity contribution is -0.115. The van der Waals surface area contributed by atoms with Crippen molar-refractivity contribution in [1.82, 2.24) is 0 Å². The van der Waals surface area contributed by atoms with Crippen molar-refractivity contribution in [2.24, 2.45) is 11.7 Å². The van der Waals surface area contributed by atoms with E-state index in [1.54, 1.807) is 0 Å². The predicted molar refractivity (Wildman–Crippen MR) is 49.2 cm³/mol. The topological polar surface area (TPSA) is 43.1 Å². The molecule has 11 heavy (non-hydrogen) atoms. The Hall–Kier alpha value is -0.530. The lowest BCUT2D eigenvalue weighted by Gasteiger charge is -2.05. The van der Waals surface area contributed by atoms with Crippen LogP contribution in [0.1, 0.15) is 47.0 Å². The average Bonchev–Trinajstić information content (AvgIpc) is 1.90. The Morgan fingerprint density at radius 2 is 1.36 bits per heavy atom. The van der Waals surface area contributed by atoms with Gasteiger partial charge in [-0.25, -0.2) is 0 Å². The summed E-state index contributed by atoms with van der Waals surface area (Å²) in [5.41, 5.74) is 4.47. The molecule has 2 nitrogen and oxygen atoms in total. The molecule has 0 bridgehead atoms. The van der Waals surface area contributed by atoms with Crippen LogP contribution in [0, 0.1) is 5.92 Å². The quantitative estimate of drug-likeness (QED) is 0.674. The lowest BCUT2D eigenvalue weighted by atomic mass is 10.0. The molecule has 0 heterocycles. The van der Waals surface area contributed by atoms with Crippen LogP contribution >= 0.6 is 0 Å². The minimum absolute atomic E-state index is 0.333. The average molecular weight is 159 g/mol. The molecule has 0 aliphatic carbocycles.